The van der Waals surface area contributed by atoms with Gasteiger partial charge in [0.15, 0.2) is 0 Å². The molecule has 3 rings (SSSR count). The van der Waals surface area contributed by atoms with Crippen LogP contribution in [0.3, 0.4) is 0 Å². The highest BCUT2D eigenvalue weighted by Gasteiger charge is 2.22. The second kappa shape index (κ2) is 9.30. The minimum atomic E-state index is -3.60. The van der Waals surface area contributed by atoms with Gasteiger partial charge in [0.2, 0.25) is 0 Å². The Morgan fingerprint density at radius 2 is 1.70 bits per heavy atom. The minimum Gasteiger partial charge on any atom is -0.382 e. The number of amides is 1. The van der Waals surface area contributed by atoms with Gasteiger partial charge in [-0.3, -0.25) is 4.79 Å². The maximum atomic E-state index is 13.5. The van der Waals surface area contributed by atoms with Gasteiger partial charge in [-0.05, 0) is 54.8 Å². The lowest BCUT2D eigenvalue weighted by molar-refractivity contribution is 0.0673. The van der Waals surface area contributed by atoms with E-state index in [0.717, 1.165) is 22.8 Å². The maximum Gasteiger partial charge on any atom is 0.308 e. The standard InChI is InChI=1S/C24H27NO4S/c1-4-18(3)25(17-19-10-8-13-21(16-19)29-30(27,28)5-2)24(26)23-15-9-12-20-11-6-7-14-22(20)23/h6-16,18H,4-5,17H2,1-3H3. The minimum absolute atomic E-state index is 0.0143. The summed E-state index contributed by atoms with van der Waals surface area (Å²) >= 11 is 0. The molecule has 3 aromatic carbocycles. The van der Waals surface area contributed by atoms with Crippen molar-refractivity contribution in [1.82, 2.24) is 4.90 Å². The smallest absolute Gasteiger partial charge is 0.308 e. The van der Waals surface area contributed by atoms with E-state index in [4.69, 9.17) is 4.18 Å². The van der Waals surface area contributed by atoms with Crippen LogP contribution in [-0.4, -0.2) is 31.0 Å². The number of hydrogen-bond donors (Lipinski definition) is 0. The highest BCUT2D eigenvalue weighted by atomic mass is 32.2. The lowest BCUT2D eigenvalue weighted by Gasteiger charge is -2.29. The van der Waals surface area contributed by atoms with Crippen LogP contribution < -0.4 is 4.18 Å². The number of rotatable bonds is 8. The van der Waals surface area contributed by atoms with Crippen LogP contribution in [0.25, 0.3) is 10.8 Å². The zero-order chi connectivity index (χ0) is 21.7. The first-order chi connectivity index (χ1) is 14.3. The molecule has 1 unspecified atom stereocenters. The summed E-state index contributed by atoms with van der Waals surface area (Å²) in [6.45, 7) is 5.96. The van der Waals surface area contributed by atoms with Gasteiger partial charge >= 0.3 is 10.1 Å². The SMILES string of the molecule is CCC(C)N(Cc1cccc(OS(=O)(=O)CC)c1)C(=O)c1cccc2ccccc12. The molecule has 0 spiro atoms. The van der Waals surface area contributed by atoms with E-state index in [1.54, 1.807) is 18.2 Å². The summed E-state index contributed by atoms with van der Waals surface area (Å²) in [4.78, 5) is 15.4. The van der Waals surface area contributed by atoms with Gasteiger partial charge in [-0.2, -0.15) is 8.42 Å². The highest BCUT2D eigenvalue weighted by Crippen LogP contribution is 2.24. The van der Waals surface area contributed by atoms with Crippen LogP contribution >= 0.6 is 0 Å². The molecule has 3 aromatic rings. The number of nitrogens with zero attached hydrogens (tertiary/aromatic N) is 1. The fraction of sp³-hybridized carbons (Fsp3) is 0.292. The molecule has 0 saturated heterocycles. The van der Waals surface area contributed by atoms with E-state index in [1.807, 2.05) is 67.3 Å². The first kappa shape index (κ1) is 21.8. The quantitative estimate of drug-likeness (QED) is 0.476. The van der Waals surface area contributed by atoms with Crippen molar-refractivity contribution in [2.45, 2.75) is 39.8 Å². The Balaban J connectivity index is 1.93. The molecule has 0 bridgehead atoms. The van der Waals surface area contributed by atoms with Crippen molar-refractivity contribution in [2.24, 2.45) is 0 Å². The van der Waals surface area contributed by atoms with E-state index >= 15 is 0 Å². The number of benzene rings is 3. The molecule has 1 atom stereocenters. The van der Waals surface area contributed by atoms with E-state index in [2.05, 4.69) is 0 Å². The van der Waals surface area contributed by atoms with Crippen molar-refractivity contribution in [1.29, 1.82) is 0 Å². The number of fused-ring (bicyclic) bond motifs is 1. The van der Waals surface area contributed by atoms with Crippen molar-refractivity contribution in [2.75, 3.05) is 5.75 Å². The molecule has 0 fully saturated rings. The van der Waals surface area contributed by atoms with Crippen LogP contribution in [0.5, 0.6) is 5.75 Å². The maximum absolute atomic E-state index is 13.5. The second-order valence-corrected chi connectivity index (χ2v) is 9.15. The van der Waals surface area contributed by atoms with Gasteiger partial charge in [-0.25, -0.2) is 0 Å². The molecule has 158 valence electrons. The Bertz CT molecular complexity index is 1140. The highest BCUT2D eigenvalue weighted by molar-refractivity contribution is 7.87. The van der Waals surface area contributed by atoms with Crippen molar-refractivity contribution < 1.29 is 17.4 Å². The zero-order valence-electron chi connectivity index (χ0n) is 17.5. The molecule has 0 aromatic heterocycles. The molecule has 6 heteroatoms. The predicted molar refractivity (Wildman–Crippen MR) is 120 cm³/mol. The molecule has 0 aliphatic rings. The van der Waals surface area contributed by atoms with Gasteiger partial charge < -0.3 is 9.08 Å². The Morgan fingerprint density at radius 1 is 1.00 bits per heavy atom. The second-order valence-electron chi connectivity index (χ2n) is 7.29. The van der Waals surface area contributed by atoms with Gasteiger partial charge in [0, 0.05) is 18.2 Å². The third kappa shape index (κ3) is 5.00. The Kier molecular flexibility index (Phi) is 6.77. The first-order valence-electron chi connectivity index (χ1n) is 10.1. The van der Waals surface area contributed by atoms with Crippen molar-refractivity contribution in [3.63, 3.8) is 0 Å². The van der Waals surface area contributed by atoms with Crippen LogP contribution in [-0.2, 0) is 16.7 Å². The normalized spacial score (nSPS) is 12.5. The van der Waals surface area contributed by atoms with E-state index < -0.39 is 10.1 Å². The summed E-state index contributed by atoms with van der Waals surface area (Å²) in [6, 6.07) is 20.5. The van der Waals surface area contributed by atoms with Gasteiger partial charge in [-0.1, -0.05) is 55.5 Å². The van der Waals surface area contributed by atoms with E-state index in [9.17, 15) is 13.2 Å². The predicted octanol–water partition coefficient (Wildman–Crippen LogP) is 5.01. The van der Waals surface area contributed by atoms with Gasteiger partial charge in [0.25, 0.3) is 5.91 Å². The van der Waals surface area contributed by atoms with Crippen molar-refractivity contribution >= 4 is 26.8 Å². The van der Waals surface area contributed by atoms with Crippen LogP contribution in [0.2, 0.25) is 0 Å². The summed E-state index contributed by atoms with van der Waals surface area (Å²) in [7, 11) is -3.60. The molecular formula is C24H27NO4S. The van der Waals surface area contributed by atoms with Crippen molar-refractivity contribution in [3.8, 4) is 5.75 Å². The molecule has 0 radical (unpaired) electrons. The third-order valence-electron chi connectivity index (χ3n) is 5.23. The third-order valence-corrected chi connectivity index (χ3v) is 6.39. The zero-order valence-corrected chi connectivity index (χ0v) is 18.4. The van der Waals surface area contributed by atoms with Crippen molar-refractivity contribution in [3.05, 3.63) is 77.9 Å². The largest absolute Gasteiger partial charge is 0.382 e. The molecule has 1 amide bonds. The summed E-state index contributed by atoms with van der Waals surface area (Å²) in [5, 5.41) is 1.94. The Hall–Kier alpha value is -2.86. The van der Waals surface area contributed by atoms with Gasteiger partial charge in [0.1, 0.15) is 5.75 Å². The molecule has 0 saturated carbocycles. The molecule has 0 aliphatic heterocycles. The van der Waals surface area contributed by atoms with Gasteiger partial charge in [-0.15, -0.1) is 0 Å². The average Bonchev–Trinajstić information content (AvgIpc) is 2.76. The lowest BCUT2D eigenvalue weighted by atomic mass is 10.0. The first-order valence-corrected chi connectivity index (χ1v) is 11.7. The topological polar surface area (TPSA) is 63.7 Å². The van der Waals surface area contributed by atoms with Crippen LogP contribution in [0.4, 0.5) is 0 Å². The molecule has 0 aliphatic carbocycles. The van der Waals surface area contributed by atoms with Crippen LogP contribution in [0, 0.1) is 0 Å². The summed E-state index contributed by atoms with van der Waals surface area (Å²) in [5.74, 6) is 0.111. The number of carbonyl (C=O) groups excluding carboxylic acids is 1. The summed E-state index contributed by atoms with van der Waals surface area (Å²) < 4.78 is 28.7. The van der Waals surface area contributed by atoms with Crippen LogP contribution in [0.1, 0.15) is 43.1 Å². The number of carbonyl (C=O) groups is 1. The Labute approximate surface area is 178 Å². The average molecular weight is 426 g/mol. The van der Waals surface area contributed by atoms with E-state index in [0.29, 0.717) is 12.1 Å². The van der Waals surface area contributed by atoms with E-state index in [-0.39, 0.29) is 23.5 Å². The molecule has 5 nitrogen and oxygen atoms in total. The lowest BCUT2D eigenvalue weighted by Crippen LogP contribution is -2.37. The van der Waals surface area contributed by atoms with Gasteiger partial charge in [0.05, 0.1) is 5.75 Å². The fourth-order valence-electron chi connectivity index (χ4n) is 3.31. The molecule has 0 heterocycles. The fourth-order valence-corrected chi connectivity index (χ4v) is 3.83. The summed E-state index contributed by atoms with van der Waals surface area (Å²) in [5.41, 5.74) is 1.47. The molecule has 0 N–H and O–H groups in total. The summed E-state index contributed by atoms with van der Waals surface area (Å²) in [6.07, 6.45) is 0.802. The monoisotopic (exact) mass is 425 g/mol. The molecule has 30 heavy (non-hydrogen) atoms. The number of hydrogen-bond acceptors (Lipinski definition) is 4. The molecular weight excluding hydrogens is 398 g/mol. The van der Waals surface area contributed by atoms with Crippen LogP contribution in [0.15, 0.2) is 66.7 Å². The van der Waals surface area contributed by atoms with E-state index in [1.165, 1.54) is 6.92 Å². The Morgan fingerprint density at radius 3 is 2.43 bits per heavy atom.